The third kappa shape index (κ3) is 2.30. The van der Waals surface area contributed by atoms with Crippen LogP contribution in [-0.4, -0.2) is 25.2 Å². The van der Waals surface area contributed by atoms with E-state index in [-0.39, 0.29) is 11.5 Å². The van der Waals surface area contributed by atoms with Crippen molar-refractivity contribution in [1.82, 2.24) is 5.32 Å². The highest BCUT2D eigenvalue weighted by Crippen LogP contribution is 2.59. The summed E-state index contributed by atoms with van der Waals surface area (Å²) in [4.78, 5) is 11.9. The summed E-state index contributed by atoms with van der Waals surface area (Å²) in [5, 5.41) is 3.13. The van der Waals surface area contributed by atoms with Gasteiger partial charge in [-0.05, 0) is 62.2 Å². The maximum atomic E-state index is 11.9. The fourth-order valence-corrected chi connectivity index (χ4v) is 5.23. The number of carbonyl (C=O) groups is 1. The van der Waals surface area contributed by atoms with Gasteiger partial charge >= 0.3 is 0 Å². The molecule has 1 N–H and O–H groups in total. The zero-order valence-electron chi connectivity index (χ0n) is 12.6. The van der Waals surface area contributed by atoms with Crippen molar-refractivity contribution in [1.29, 1.82) is 0 Å². The van der Waals surface area contributed by atoms with Crippen LogP contribution in [0.4, 0.5) is 0 Å². The summed E-state index contributed by atoms with van der Waals surface area (Å²) in [6.07, 6.45) is 9.78. The normalized spacial score (nSPS) is 41.6. The summed E-state index contributed by atoms with van der Waals surface area (Å²) in [6, 6.07) is 0. The van der Waals surface area contributed by atoms with Crippen molar-refractivity contribution in [3.05, 3.63) is 12.7 Å². The molecule has 0 saturated heterocycles. The van der Waals surface area contributed by atoms with E-state index in [1.807, 2.05) is 7.11 Å². The molecule has 4 bridgehead atoms. The molecule has 0 aromatic heterocycles. The second-order valence-corrected chi connectivity index (χ2v) is 7.07. The molecular weight excluding hydrogens is 250 g/mol. The highest BCUT2D eigenvalue weighted by atomic mass is 16.5. The van der Waals surface area contributed by atoms with E-state index >= 15 is 0 Å². The van der Waals surface area contributed by atoms with Crippen molar-refractivity contribution in [2.24, 2.45) is 23.7 Å². The van der Waals surface area contributed by atoms with Crippen molar-refractivity contribution < 1.29 is 9.53 Å². The number of amides is 1. The number of rotatable bonds is 6. The first-order valence-electron chi connectivity index (χ1n) is 8.10. The molecule has 4 saturated carbocycles. The van der Waals surface area contributed by atoms with Crippen LogP contribution in [-0.2, 0) is 9.53 Å². The second kappa shape index (κ2) is 5.51. The molecule has 4 aliphatic rings. The molecule has 0 aliphatic heterocycles. The molecule has 1 amide bonds. The van der Waals surface area contributed by atoms with E-state index in [9.17, 15) is 4.79 Å². The highest BCUT2D eigenvalue weighted by molar-refractivity contribution is 5.76. The van der Waals surface area contributed by atoms with Gasteiger partial charge in [0.2, 0.25) is 5.91 Å². The Balaban J connectivity index is 1.65. The summed E-state index contributed by atoms with van der Waals surface area (Å²) < 4.78 is 6.03. The van der Waals surface area contributed by atoms with Gasteiger partial charge in [-0.3, -0.25) is 4.79 Å². The van der Waals surface area contributed by atoms with E-state index in [1.165, 1.54) is 32.1 Å². The molecule has 0 aromatic carbocycles. The minimum absolute atomic E-state index is 0.0861. The van der Waals surface area contributed by atoms with Crippen LogP contribution in [0.15, 0.2) is 12.7 Å². The van der Waals surface area contributed by atoms with Gasteiger partial charge in [0.15, 0.2) is 0 Å². The summed E-state index contributed by atoms with van der Waals surface area (Å²) in [5.74, 6) is 3.30. The van der Waals surface area contributed by atoms with E-state index in [0.29, 0.717) is 24.8 Å². The lowest BCUT2D eigenvalue weighted by Gasteiger charge is -2.60. The zero-order chi connectivity index (χ0) is 14.2. The fourth-order valence-electron chi connectivity index (χ4n) is 5.23. The first kappa shape index (κ1) is 14.1. The predicted octanol–water partition coefficient (Wildman–Crippen LogP) is 2.91. The van der Waals surface area contributed by atoms with E-state index in [2.05, 4.69) is 11.9 Å². The summed E-state index contributed by atoms with van der Waals surface area (Å²) in [7, 11) is 1.85. The Morgan fingerprint density at radius 2 is 1.85 bits per heavy atom. The minimum atomic E-state index is -0.0861. The predicted molar refractivity (Wildman–Crippen MR) is 79.2 cm³/mol. The van der Waals surface area contributed by atoms with Crippen LogP contribution in [0.2, 0.25) is 0 Å². The van der Waals surface area contributed by atoms with Gasteiger partial charge < -0.3 is 10.1 Å². The Morgan fingerprint density at radius 3 is 2.35 bits per heavy atom. The first-order valence-corrected chi connectivity index (χ1v) is 8.10. The number of methoxy groups -OCH3 is 1. The summed E-state index contributed by atoms with van der Waals surface area (Å²) in [5.41, 5.74) is -0.0861. The largest absolute Gasteiger partial charge is 0.376 e. The van der Waals surface area contributed by atoms with Crippen LogP contribution < -0.4 is 5.32 Å². The van der Waals surface area contributed by atoms with Gasteiger partial charge in [-0.1, -0.05) is 6.08 Å². The van der Waals surface area contributed by atoms with Crippen LogP contribution in [0.1, 0.15) is 44.9 Å². The molecule has 0 spiro atoms. The smallest absolute Gasteiger partial charge is 0.220 e. The Bertz CT molecular complexity index is 362. The maximum Gasteiger partial charge on any atom is 0.220 e. The third-order valence-electron chi connectivity index (χ3n) is 6.04. The fraction of sp³-hybridized carbons (Fsp3) is 0.824. The number of allylic oxidation sites excluding steroid dienone is 1. The minimum Gasteiger partial charge on any atom is -0.376 e. The second-order valence-electron chi connectivity index (χ2n) is 7.07. The molecular formula is C17H27NO2. The van der Waals surface area contributed by atoms with Crippen LogP contribution in [0.3, 0.4) is 0 Å². The van der Waals surface area contributed by atoms with Crippen molar-refractivity contribution in [3.63, 3.8) is 0 Å². The molecule has 4 fully saturated rings. The molecule has 0 aromatic rings. The topological polar surface area (TPSA) is 38.3 Å². The van der Waals surface area contributed by atoms with Crippen LogP contribution in [0, 0.1) is 23.7 Å². The molecule has 112 valence electrons. The van der Waals surface area contributed by atoms with Crippen molar-refractivity contribution in [3.8, 4) is 0 Å². The van der Waals surface area contributed by atoms with Crippen LogP contribution in [0.25, 0.3) is 0 Å². The van der Waals surface area contributed by atoms with E-state index < -0.39 is 0 Å². The Hall–Kier alpha value is -0.830. The molecule has 4 rings (SSSR count). The molecule has 0 atom stereocenters. The zero-order valence-corrected chi connectivity index (χ0v) is 12.6. The standard InChI is InChI=1S/C17H27NO2/c1-3-4-5-16(19)18-11-17(20-2)14-7-12-6-13(9-14)10-15(17)8-12/h3,12-15H,1,4-11H2,2H3,(H,18,19). The molecule has 0 radical (unpaired) electrons. The first-order chi connectivity index (χ1) is 9.68. The number of ether oxygens (including phenoxy) is 1. The molecule has 3 nitrogen and oxygen atoms in total. The van der Waals surface area contributed by atoms with Crippen LogP contribution >= 0.6 is 0 Å². The van der Waals surface area contributed by atoms with Gasteiger partial charge in [-0.15, -0.1) is 6.58 Å². The Kier molecular flexibility index (Phi) is 3.89. The van der Waals surface area contributed by atoms with Crippen molar-refractivity contribution in [2.75, 3.05) is 13.7 Å². The average molecular weight is 277 g/mol. The Morgan fingerprint density at radius 1 is 1.25 bits per heavy atom. The summed E-state index contributed by atoms with van der Waals surface area (Å²) in [6.45, 7) is 4.37. The van der Waals surface area contributed by atoms with Gasteiger partial charge in [0, 0.05) is 20.1 Å². The lowest BCUT2D eigenvalue weighted by atomic mass is 9.49. The Labute approximate surface area is 122 Å². The van der Waals surface area contributed by atoms with Crippen LogP contribution in [0.5, 0.6) is 0 Å². The van der Waals surface area contributed by atoms with Gasteiger partial charge in [0.25, 0.3) is 0 Å². The average Bonchev–Trinajstić information content (AvgIpc) is 2.44. The van der Waals surface area contributed by atoms with Gasteiger partial charge in [0.05, 0.1) is 5.60 Å². The number of carbonyl (C=O) groups excluding carboxylic acids is 1. The number of hydrogen-bond acceptors (Lipinski definition) is 2. The number of nitrogens with one attached hydrogen (secondary N) is 1. The van der Waals surface area contributed by atoms with Gasteiger partial charge in [-0.25, -0.2) is 0 Å². The quantitative estimate of drug-likeness (QED) is 0.758. The molecule has 3 heteroatoms. The SMILES string of the molecule is C=CCCC(=O)NCC1(OC)C2CC3CC(C2)CC1C3. The van der Waals surface area contributed by atoms with Crippen molar-refractivity contribution in [2.45, 2.75) is 50.5 Å². The monoisotopic (exact) mass is 277 g/mol. The van der Waals surface area contributed by atoms with Crippen molar-refractivity contribution >= 4 is 5.91 Å². The van der Waals surface area contributed by atoms with E-state index in [0.717, 1.165) is 18.3 Å². The molecule has 4 aliphatic carbocycles. The van der Waals surface area contributed by atoms with Gasteiger partial charge in [-0.2, -0.15) is 0 Å². The molecule has 20 heavy (non-hydrogen) atoms. The lowest BCUT2D eigenvalue weighted by Crippen LogP contribution is -2.63. The van der Waals surface area contributed by atoms with Gasteiger partial charge in [0.1, 0.15) is 0 Å². The third-order valence-corrected chi connectivity index (χ3v) is 6.04. The lowest BCUT2D eigenvalue weighted by molar-refractivity contribution is -0.188. The van der Waals surface area contributed by atoms with E-state index in [4.69, 9.17) is 4.74 Å². The summed E-state index contributed by atoms with van der Waals surface area (Å²) >= 11 is 0. The number of hydrogen-bond donors (Lipinski definition) is 1. The molecule has 0 heterocycles. The molecule has 0 unspecified atom stereocenters. The van der Waals surface area contributed by atoms with E-state index in [1.54, 1.807) is 6.08 Å². The highest BCUT2D eigenvalue weighted by Gasteiger charge is 2.57. The maximum absolute atomic E-state index is 11.9.